The number of hydrogen-bond donors (Lipinski definition) is 1. The van der Waals surface area contributed by atoms with E-state index >= 15 is 0 Å². The van der Waals surface area contributed by atoms with Gasteiger partial charge in [0.25, 0.3) is 5.91 Å². The van der Waals surface area contributed by atoms with Gasteiger partial charge in [-0.3, -0.25) is 4.79 Å². The molecule has 0 aromatic heterocycles. The second kappa shape index (κ2) is 6.59. The lowest BCUT2D eigenvalue weighted by Gasteiger charge is -2.07. The first-order valence-electron chi connectivity index (χ1n) is 5.01. The van der Waals surface area contributed by atoms with Crippen molar-refractivity contribution in [2.75, 3.05) is 20.3 Å². The van der Waals surface area contributed by atoms with Gasteiger partial charge in [0.15, 0.2) is 0 Å². The lowest BCUT2D eigenvalue weighted by molar-refractivity contribution is 0.0936. The molecule has 0 saturated carbocycles. The predicted molar refractivity (Wildman–Crippen MR) is 60.0 cm³/mol. The van der Waals surface area contributed by atoms with Crippen LogP contribution in [0.4, 0.5) is 0 Å². The van der Waals surface area contributed by atoms with Crippen molar-refractivity contribution < 1.29 is 9.53 Å². The Labute approximate surface area is 94.8 Å². The van der Waals surface area contributed by atoms with Crippen molar-refractivity contribution in [1.29, 1.82) is 5.26 Å². The Morgan fingerprint density at radius 3 is 2.94 bits per heavy atom. The molecule has 0 unspecified atom stereocenters. The normalized spacial score (nSPS) is 9.50. The Bertz CT molecular complexity index is 396. The van der Waals surface area contributed by atoms with Crippen molar-refractivity contribution in [3.8, 4) is 6.07 Å². The van der Waals surface area contributed by atoms with E-state index in [-0.39, 0.29) is 12.3 Å². The van der Waals surface area contributed by atoms with Crippen LogP contribution in [-0.4, -0.2) is 26.2 Å². The maximum absolute atomic E-state index is 11.7. The van der Waals surface area contributed by atoms with E-state index in [1.807, 2.05) is 12.1 Å². The van der Waals surface area contributed by atoms with E-state index in [2.05, 4.69) is 5.32 Å². The van der Waals surface area contributed by atoms with E-state index in [0.717, 1.165) is 5.56 Å². The quantitative estimate of drug-likeness (QED) is 0.753. The summed E-state index contributed by atoms with van der Waals surface area (Å²) in [5, 5.41) is 11.4. The molecule has 1 amide bonds. The van der Waals surface area contributed by atoms with Gasteiger partial charge in [-0.2, -0.15) is 5.26 Å². The minimum absolute atomic E-state index is 0.164. The van der Waals surface area contributed by atoms with E-state index in [1.54, 1.807) is 25.3 Å². The lowest BCUT2D eigenvalue weighted by Crippen LogP contribution is -2.27. The summed E-state index contributed by atoms with van der Waals surface area (Å²) in [5.41, 5.74) is 1.31. The molecular formula is C12H14N2O2. The Morgan fingerprint density at radius 1 is 1.50 bits per heavy atom. The first-order valence-corrected chi connectivity index (χ1v) is 5.01. The van der Waals surface area contributed by atoms with E-state index < -0.39 is 0 Å². The van der Waals surface area contributed by atoms with E-state index in [1.165, 1.54) is 0 Å². The van der Waals surface area contributed by atoms with Gasteiger partial charge in [-0.1, -0.05) is 18.2 Å². The fourth-order valence-corrected chi connectivity index (χ4v) is 1.34. The standard InChI is InChI=1S/C12H14N2O2/c1-16-9-8-14-12(15)11-5-3-2-4-10(11)6-7-13/h2-5H,6,8-9H2,1H3,(H,14,15). The van der Waals surface area contributed by atoms with Crippen LogP contribution in [0.3, 0.4) is 0 Å². The number of amides is 1. The zero-order chi connectivity index (χ0) is 11.8. The molecular weight excluding hydrogens is 204 g/mol. The average molecular weight is 218 g/mol. The van der Waals surface area contributed by atoms with Crippen molar-refractivity contribution in [2.45, 2.75) is 6.42 Å². The van der Waals surface area contributed by atoms with E-state index in [0.29, 0.717) is 18.7 Å². The summed E-state index contributed by atoms with van der Waals surface area (Å²) < 4.78 is 4.84. The largest absolute Gasteiger partial charge is 0.383 e. The van der Waals surface area contributed by atoms with Gasteiger partial charge >= 0.3 is 0 Å². The molecule has 1 N–H and O–H groups in total. The van der Waals surface area contributed by atoms with Gasteiger partial charge in [0, 0.05) is 19.2 Å². The molecule has 1 aromatic carbocycles. The summed E-state index contributed by atoms with van der Waals surface area (Å²) in [4.78, 5) is 11.7. The molecule has 16 heavy (non-hydrogen) atoms. The highest BCUT2D eigenvalue weighted by atomic mass is 16.5. The van der Waals surface area contributed by atoms with Crippen LogP contribution in [0.2, 0.25) is 0 Å². The van der Waals surface area contributed by atoms with E-state index in [9.17, 15) is 4.79 Å². The lowest BCUT2D eigenvalue weighted by atomic mass is 10.0. The summed E-state index contributed by atoms with van der Waals surface area (Å²) in [6.07, 6.45) is 0.244. The molecule has 0 spiro atoms. The first kappa shape index (κ1) is 12.2. The number of carbonyl (C=O) groups is 1. The molecule has 4 heteroatoms. The van der Waals surface area contributed by atoms with Crippen LogP contribution >= 0.6 is 0 Å². The highest BCUT2D eigenvalue weighted by molar-refractivity contribution is 5.95. The van der Waals surface area contributed by atoms with E-state index in [4.69, 9.17) is 10.00 Å². The van der Waals surface area contributed by atoms with Gasteiger partial charge in [-0.25, -0.2) is 0 Å². The minimum atomic E-state index is -0.164. The molecule has 0 radical (unpaired) electrons. The Morgan fingerprint density at radius 2 is 2.25 bits per heavy atom. The van der Waals surface area contributed by atoms with Gasteiger partial charge in [-0.15, -0.1) is 0 Å². The third kappa shape index (κ3) is 3.37. The van der Waals surface area contributed by atoms with Gasteiger partial charge in [0.05, 0.1) is 19.1 Å². The van der Waals surface area contributed by atoms with Crippen molar-refractivity contribution in [1.82, 2.24) is 5.32 Å². The van der Waals surface area contributed by atoms with Crippen LogP contribution in [0.5, 0.6) is 0 Å². The van der Waals surface area contributed by atoms with Crippen molar-refractivity contribution in [2.24, 2.45) is 0 Å². The first-order chi connectivity index (χ1) is 7.79. The zero-order valence-corrected chi connectivity index (χ0v) is 9.19. The molecule has 0 aliphatic rings. The molecule has 4 nitrogen and oxygen atoms in total. The van der Waals surface area contributed by atoms with Crippen LogP contribution in [0.25, 0.3) is 0 Å². The van der Waals surface area contributed by atoms with Crippen molar-refractivity contribution in [3.05, 3.63) is 35.4 Å². The van der Waals surface area contributed by atoms with Crippen LogP contribution in [0, 0.1) is 11.3 Å². The van der Waals surface area contributed by atoms with Crippen molar-refractivity contribution >= 4 is 5.91 Å². The molecule has 0 bridgehead atoms. The number of carbonyl (C=O) groups excluding carboxylic acids is 1. The highest BCUT2D eigenvalue weighted by Crippen LogP contribution is 2.08. The number of nitriles is 1. The summed E-state index contributed by atoms with van der Waals surface area (Å²) in [5.74, 6) is -0.164. The maximum atomic E-state index is 11.7. The van der Waals surface area contributed by atoms with Gasteiger partial charge in [-0.05, 0) is 11.6 Å². The van der Waals surface area contributed by atoms with Crippen LogP contribution in [0.1, 0.15) is 15.9 Å². The second-order valence-electron chi connectivity index (χ2n) is 3.24. The molecule has 0 aliphatic carbocycles. The Balaban J connectivity index is 2.71. The fraction of sp³-hybridized carbons (Fsp3) is 0.333. The summed E-state index contributed by atoms with van der Waals surface area (Å²) in [6, 6.07) is 9.15. The third-order valence-corrected chi connectivity index (χ3v) is 2.12. The molecule has 0 atom stereocenters. The molecule has 1 rings (SSSR count). The smallest absolute Gasteiger partial charge is 0.251 e. The topological polar surface area (TPSA) is 62.1 Å². The molecule has 84 valence electrons. The molecule has 1 aromatic rings. The molecule has 0 heterocycles. The molecule has 0 saturated heterocycles. The predicted octanol–water partition coefficient (Wildman–Crippen LogP) is 1.13. The highest BCUT2D eigenvalue weighted by Gasteiger charge is 2.09. The number of hydrogen-bond acceptors (Lipinski definition) is 3. The van der Waals surface area contributed by atoms with Gasteiger partial charge < -0.3 is 10.1 Å². The summed E-state index contributed by atoms with van der Waals surface area (Å²) >= 11 is 0. The number of rotatable bonds is 5. The van der Waals surface area contributed by atoms with Crippen molar-refractivity contribution in [3.63, 3.8) is 0 Å². The van der Waals surface area contributed by atoms with Gasteiger partial charge in [0.2, 0.25) is 0 Å². The van der Waals surface area contributed by atoms with Gasteiger partial charge in [0.1, 0.15) is 0 Å². The molecule has 0 fully saturated rings. The second-order valence-corrected chi connectivity index (χ2v) is 3.24. The number of nitrogens with zero attached hydrogens (tertiary/aromatic N) is 1. The Kier molecular flexibility index (Phi) is 5.03. The fourth-order valence-electron chi connectivity index (χ4n) is 1.34. The number of methoxy groups -OCH3 is 1. The minimum Gasteiger partial charge on any atom is -0.383 e. The van der Waals surface area contributed by atoms with Crippen LogP contribution in [-0.2, 0) is 11.2 Å². The Hall–Kier alpha value is -1.86. The summed E-state index contributed by atoms with van der Waals surface area (Å²) in [6.45, 7) is 0.947. The summed E-state index contributed by atoms with van der Waals surface area (Å²) in [7, 11) is 1.58. The third-order valence-electron chi connectivity index (χ3n) is 2.12. The molecule has 0 aliphatic heterocycles. The van der Waals surface area contributed by atoms with Crippen LogP contribution < -0.4 is 5.32 Å². The zero-order valence-electron chi connectivity index (χ0n) is 9.19. The maximum Gasteiger partial charge on any atom is 0.251 e. The van der Waals surface area contributed by atoms with Crippen LogP contribution in [0.15, 0.2) is 24.3 Å². The number of nitrogens with one attached hydrogen (secondary N) is 1. The average Bonchev–Trinajstić information content (AvgIpc) is 2.30. The SMILES string of the molecule is COCCNC(=O)c1ccccc1CC#N. The monoisotopic (exact) mass is 218 g/mol. The number of ether oxygens (including phenoxy) is 1. The number of benzene rings is 1.